The summed E-state index contributed by atoms with van der Waals surface area (Å²) >= 11 is 0. The highest BCUT2D eigenvalue weighted by molar-refractivity contribution is 7.92. The van der Waals surface area contributed by atoms with Crippen LogP contribution in [0.1, 0.15) is 39.1 Å². The molecule has 0 bridgehead atoms. The topological polar surface area (TPSA) is 150 Å². The van der Waals surface area contributed by atoms with Crippen LogP contribution < -0.4 is 10.0 Å². The standard InChI is InChI=1S/C20H17N3O7S/c24-17-8-7-16(18(25)21-17)23-10-12-9-13(3-6-15(12)19(23)26)22-31(29,30)14-4-1-11(2-5-14)20(27)28/h1-6,9,16,22H,7-8,10H2,(H,27,28)(H,21,24,25). The second-order valence-corrected chi connectivity index (χ2v) is 8.89. The number of carbonyl (C=O) groups excluding carboxylic acids is 3. The molecule has 160 valence electrons. The Hall–Kier alpha value is -3.73. The van der Waals surface area contributed by atoms with Crippen LogP contribution in [0.15, 0.2) is 47.4 Å². The van der Waals surface area contributed by atoms with Crippen molar-refractivity contribution in [2.24, 2.45) is 0 Å². The van der Waals surface area contributed by atoms with E-state index in [2.05, 4.69) is 10.0 Å². The van der Waals surface area contributed by atoms with E-state index < -0.39 is 27.9 Å². The van der Waals surface area contributed by atoms with Crippen LogP contribution in [0.25, 0.3) is 0 Å². The number of nitrogens with zero attached hydrogens (tertiary/aromatic N) is 1. The fourth-order valence-corrected chi connectivity index (χ4v) is 4.68. The number of piperidine rings is 1. The highest BCUT2D eigenvalue weighted by Gasteiger charge is 2.39. The van der Waals surface area contributed by atoms with E-state index in [4.69, 9.17) is 5.11 Å². The van der Waals surface area contributed by atoms with Gasteiger partial charge in [-0.25, -0.2) is 13.2 Å². The van der Waals surface area contributed by atoms with Crippen molar-refractivity contribution in [1.29, 1.82) is 0 Å². The van der Waals surface area contributed by atoms with Gasteiger partial charge >= 0.3 is 5.97 Å². The first-order valence-electron chi connectivity index (χ1n) is 9.29. The van der Waals surface area contributed by atoms with Gasteiger partial charge in [-0.05, 0) is 54.4 Å². The molecule has 0 spiro atoms. The van der Waals surface area contributed by atoms with Crippen molar-refractivity contribution in [2.45, 2.75) is 30.3 Å². The monoisotopic (exact) mass is 443 g/mol. The van der Waals surface area contributed by atoms with Gasteiger partial charge < -0.3 is 10.0 Å². The molecule has 1 unspecified atom stereocenters. The molecule has 0 aliphatic carbocycles. The summed E-state index contributed by atoms with van der Waals surface area (Å²) in [7, 11) is -3.98. The molecule has 10 nitrogen and oxygen atoms in total. The number of nitrogens with one attached hydrogen (secondary N) is 2. The number of carbonyl (C=O) groups is 4. The molecule has 1 fully saturated rings. The summed E-state index contributed by atoms with van der Waals surface area (Å²) in [4.78, 5) is 48.3. The van der Waals surface area contributed by atoms with Crippen molar-refractivity contribution < 1.29 is 32.7 Å². The number of sulfonamides is 1. The molecular formula is C20H17N3O7S. The van der Waals surface area contributed by atoms with Crippen LogP contribution in [-0.2, 0) is 26.2 Å². The number of anilines is 1. The van der Waals surface area contributed by atoms with Gasteiger partial charge in [0.1, 0.15) is 6.04 Å². The fraction of sp³-hybridized carbons (Fsp3) is 0.200. The number of imide groups is 1. The molecule has 0 saturated carbocycles. The SMILES string of the molecule is O=C1CCC(N2Cc3cc(NS(=O)(=O)c4ccc(C(=O)O)cc4)ccc3C2=O)C(=O)N1. The first kappa shape index (κ1) is 20.5. The van der Waals surface area contributed by atoms with Crippen molar-refractivity contribution in [3.05, 3.63) is 59.2 Å². The van der Waals surface area contributed by atoms with E-state index in [0.717, 1.165) is 0 Å². The lowest BCUT2D eigenvalue weighted by Crippen LogP contribution is -2.52. The summed E-state index contributed by atoms with van der Waals surface area (Å²) in [6.07, 6.45) is 0.373. The Labute approximate surface area is 176 Å². The van der Waals surface area contributed by atoms with Crippen molar-refractivity contribution in [1.82, 2.24) is 10.2 Å². The quantitative estimate of drug-likeness (QED) is 0.582. The summed E-state index contributed by atoms with van der Waals surface area (Å²) in [5.41, 5.74) is 1.09. The van der Waals surface area contributed by atoms with Gasteiger partial charge in [0.05, 0.1) is 10.5 Å². The molecular weight excluding hydrogens is 426 g/mol. The number of amides is 3. The average molecular weight is 443 g/mol. The maximum absolute atomic E-state index is 12.7. The van der Waals surface area contributed by atoms with E-state index in [-0.39, 0.29) is 47.3 Å². The third kappa shape index (κ3) is 3.87. The van der Waals surface area contributed by atoms with E-state index in [1.165, 1.54) is 47.4 Å². The summed E-state index contributed by atoms with van der Waals surface area (Å²) in [6, 6.07) is 8.43. The van der Waals surface area contributed by atoms with Crippen LogP contribution in [0.2, 0.25) is 0 Å². The molecule has 3 amide bonds. The lowest BCUT2D eigenvalue weighted by molar-refractivity contribution is -0.136. The van der Waals surface area contributed by atoms with Gasteiger partial charge in [0.15, 0.2) is 0 Å². The third-order valence-electron chi connectivity index (χ3n) is 5.19. The summed E-state index contributed by atoms with van der Waals surface area (Å²) in [6.45, 7) is 0.114. The Balaban J connectivity index is 1.53. The smallest absolute Gasteiger partial charge is 0.335 e. The number of aromatic carboxylic acids is 1. The van der Waals surface area contributed by atoms with Crippen LogP contribution in [0.5, 0.6) is 0 Å². The van der Waals surface area contributed by atoms with E-state index >= 15 is 0 Å². The van der Waals surface area contributed by atoms with Crippen LogP contribution in [0, 0.1) is 0 Å². The minimum Gasteiger partial charge on any atom is -0.478 e. The van der Waals surface area contributed by atoms with E-state index in [1.54, 1.807) is 0 Å². The van der Waals surface area contributed by atoms with Crippen molar-refractivity contribution in [3.63, 3.8) is 0 Å². The zero-order chi connectivity index (χ0) is 22.3. The number of hydrogen-bond donors (Lipinski definition) is 3. The Morgan fingerprint density at radius 1 is 1.10 bits per heavy atom. The first-order chi connectivity index (χ1) is 14.7. The second kappa shape index (κ2) is 7.51. The fourth-order valence-electron chi connectivity index (χ4n) is 3.63. The molecule has 11 heteroatoms. The molecule has 2 aromatic rings. The van der Waals surface area contributed by atoms with Gasteiger partial charge in [0.2, 0.25) is 11.8 Å². The number of fused-ring (bicyclic) bond motifs is 1. The number of benzene rings is 2. The van der Waals surface area contributed by atoms with Crippen molar-refractivity contribution in [3.8, 4) is 0 Å². The molecule has 2 aliphatic rings. The van der Waals surface area contributed by atoms with Crippen LogP contribution >= 0.6 is 0 Å². The zero-order valence-electron chi connectivity index (χ0n) is 16.0. The van der Waals surface area contributed by atoms with Gasteiger partial charge in [0, 0.05) is 24.2 Å². The lowest BCUT2D eigenvalue weighted by Gasteiger charge is -2.29. The highest BCUT2D eigenvalue weighted by atomic mass is 32.2. The second-order valence-electron chi connectivity index (χ2n) is 7.21. The molecule has 2 aliphatic heterocycles. The predicted octanol–water partition coefficient (Wildman–Crippen LogP) is 0.947. The maximum Gasteiger partial charge on any atom is 0.335 e. The molecule has 0 radical (unpaired) electrons. The van der Waals surface area contributed by atoms with Crippen molar-refractivity contribution >= 4 is 39.4 Å². The lowest BCUT2D eigenvalue weighted by atomic mass is 10.0. The highest BCUT2D eigenvalue weighted by Crippen LogP contribution is 2.30. The molecule has 2 heterocycles. The van der Waals surface area contributed by atoms with E-state index in [1.807, 2.05) is 0 Å². The molecule has 4 rings (SSSR count). The third-order valence-corrected chi connectivity index (χ3v) is 6.58. The summed E-state index contributed by atoms with van der Waals surface area (Å²) in [5.74, 6) is -2.43. The number of hydrogen-bond acceptors (Lipinski definition) is 6. The Morgan fingerprint density at radius 3 is 2.45 bits per heavy atom. The van der Waals surface area contributed by atoms with E-state index in [0.29, 0.717) is 11.1 Å². The Bertz CT molecular complexity index is 1220. The van der Waals surface area contributed by atoms with Crippen LogP contribution in [0.3, 0.4) is 0 Å². The molecule has 1 atom stereocenters. The first-order valence-corrected chi connectivity index (χ1v) is 10.8. The number of rotatable bonds is 5. The minimum atomic E-state index is -3.98. The predicted molar refractivity (Wildman–Crippen MR) is 107 cm³/mol. The molecule has 2 aromatic carbocycles. The minimum absolute atomic E-state index is 0.0384. The molecule has 0 aromatic heterocycles. The van der Waals surface area contributed by atoms with Crippen molar-refractivity contribution in [2.75, 3.05) is 4.72 Å². The Morgan fingerprint density at radius 2 is 1.81 bits per heavy atom. The molecule has 31 heavy (non-hydrogen) atoms. The van der Waals surface area contributed by atoms with Crippen LogP contribution in [0.4, 0.5) is 5.69 Å². The maximum atomic E-state index is 12.7. The van der Waals surface area contributed by atoms with Crippen LogP contribution in [-0.4, -0.2) is 48.2 Å². The molecule has 1 saturated heterocycles. The Kier molecular flexibility index (Phi) is 4.97. The summed E-state index contributed by atoms with van der Waals surface area (Å²) in [5, 5.41) is 11.2. The van der Waals surface area contributed by atoms with Gasteiger partial charge in [0.25, 0.3) is 15.9 Å². The average Bonchev–Trinajstić information content (AvgIpc) is 3.03. The number of carboxylic acid groups (broad SMARTS) is 1. The molecule has 3 N–H and O–H groups in total. The summed E-state index contributed by atoms with van der Waals surface area (Å²) < 4.78 is 27.6. The van der Waals surface area contributed by atoms with Gasteiger partial charge in [-0.1, -0.05) is 0 Å². The normalized spacial score (nSPS) is 18.5. The largest absolute Gasteiger partial charge is 0.478 e. The zero-order valence-corrected chi connectivity index (χ0v) is 16.8. The van der Waals surface area contributed by atoms with E-state index in [9.17, 15) is 27.6 Å². The van der Waals surface area contributed by atoms with Gasteiger partial charge in [-0.2, -0.15) is 0 Å². The van der Waals surface area contributed by atoms with Gasteiger partial charge in [-0.3, -0.25) is 24.4 Å². The van der Waals surface area contributed by atoms with Gasteiger partial charge in [-0.15, -0.1) is 0 Å². The number of carboxylic acids is 1.